The van der Waals surface area contributed by atoms with Crippen LogP contribution in [0, 0.1) is 5.82 Å². The molecular weight excluding hydrogens is 435 g/mol. The van der Waals surface area contributed by atoms with E-state index in [4.69, 9.17) is 11.6 Å². The van der Waals surface area contributed by atoms with Gasteiger partial charge in [0.2, 0.25) is 0 Å². The van der Waals surface area contributed by atoms with Crippen molar-refractivity contribution < 1.29 is 4.39 Å². The van der Waals surface area contributed by atoms with Crippen molar-refractivity contribution in [1.29, 1.82) is 0 Å². The van der Waals surface area contributed by atoms with Gasteiger partial charge < -0.3 is 9.88 Å². The van der Waals surface area contributed by atoms with Crippen molar-refractivity contribution in [2.24, 2.45) is 0 Å². The van der Waals surface area contributed by atoms with Crippen LogP contribution >= 0.6 is 11.6 Å². The van der Waals surface area contributed by atoms with Gasteiger partial charge in [-0.25, -0.2) is 4.39 Å². The zero-order valence-corrected chi connectivity index (χ0v) is 19.4. The minimum Gasteiger partial charge on any atom is -0.367 e. The molecule has 2 aliphatic rings. The van der Waals surface area contributed by atoms with Crippen molar-refractivity contribution in [3.05, 3.63) is 71.3 Å². The van der Waals surface area contributed by atoms with Crippen LogP contribution in [0.25, 0.3) is 21.8 Å². The van der Waals surface area contributed by atoms with E-state index in [1.54, 1.807) is 6.07 Å². The second-order valence-electron chi connectivity index (χ2n) is 9.46. The maximum atomic E-state index is 13.8. The third-order valence-corrected chi connectivity index (χ3v) is 7.85. The van der Waals surface area contributed by atoms with Crippen molar-refractivity contribution in [3.8, 4) is 0 Å². The number of hydrogen-bond acceptors (Lipinski definition) is 3. The van der Waals surface area contributed by atoms with E-state index in [1.165, 1.54) is 24.5 Å². The molecule has 0 bridgehead atoms. The normalized spacial score (nSPS) is 22.3. The summed E-state index contributed by atoms with van der Waals surface area (Å²) in [7, 11) is 0. The summed E-state index contributed by atoms with van der Waals surface area (Å²) in [5.41, 5.74) is 4.50. The van der Waals surface area contributed by atoms with E-state index < -0.39 is 0 Å². The number of halogens is 2. The topological polar surface area (TPSA) is 35.2 Å². The van der Waals surface area contributed by atoms with E-state index in [0.717, 1.165) is 71.5 Å². The molecule has 1 saturated carbocycles. The lowest BCUT2D eigenvalue weighted by Gasteiger charge is -2.42. The molecule has 3 heterocycles. The molecule has 1 aliphatic carbocycles. The second kappa shape index (κ2) is 8.62. The summed E-state index contributed by atoms with van der Waals surface area (Å²) < 4.78 is 13.8. The molecule has 0 radical (unpaired) electrons. The average Bonchev–Trinajstić information content (AvgIpc) is 3.27. The van der Waals surface area contributed by atoms with E-state index in [2.05, 4.69) is 38.1 Å². The fourth-order valence-electron chi connectivity index (χ4n) is 5.91. The van der Waals surface area contributed by atoms with Gasteiger partial charge in [0.25, 0.3) is 0 Å². The van der Waals surface area contributed by atoms with Crippen LogP contribution in [-0.2, 0) is 0 Å². The lowest BCUT2D eigenvalue weighted by Crippen LogP contribution is -2.51. The fraction of sp³-hybridized carbons (Fsp3) is 0.370. The molecular formula is C27H28ClFN4. The first-order chi connectivity index (χ1) is 16.2. The van der Waals surface area contributed by atoms with Crippen LogP contribution in [0.15, 0.2) is 54.9 Å². The lowest BCUT2D eigenvalue weighted by atomic mass is 9.81. The maximum absolute atomic E-state index is 13.8. The summed E-state index contributed by atoms with van der Waals surface area (Å²) in [6, 6.07) is 13.8. The minimum absolute atomic E-state index is 0.155. The molecule has 0 atom stereocenters. The molecule has 6 rings (SSSR count). The number of nitrogens with one attached hydrogen (secondary N) is 1. The lowest BCUT2D eigenvalue weighted by molar-refractivity contribution is 0.141. The molecule has 1 aliphatic heterocycles. The van der Waals surface area contributed by atoms with Gasteiger partial charge in [-0.3, -0.25) is 9.88 Å². The van der Waals surface area contributed by atoms with Crippen molar-refractivity contribution in [1.82, 2.24) is 14.9 Å². The molecule has 2 aromatic heterocycles. The van der Waals surface area contributed by atoms with E-state index in [-0.39, 0.29) is 5.82 Å². The number of nitrogens with zero attached hydrogens (tertiary/aromatic N) is 3. The van der Waals surface area contributed by atoms with Crippen LogP contribution in [0.4, 0.5) is 10.1 Å². The predicted molar refractivity (Wildman–Crippen MR) is 134 cm³/mol. The molecule has 6 heteroatoms. The number of pyridine rings is 1. The SMILES string of the molecule is Fc1ccc2[nH]cc(C3CCC(N4CCN(c5cc(Cl)cc6cccnc56)CC4)CC3)c2c1. The van der Waals surface area contributed by atoms with Crippen LogP contribution in [0.1, 0.15) is 37.2 Å². The second-order valence-corrected chi connectivity index (χ2v) is 9.90. The van der Waals surface area contributed by atoms with Gasteiger partial charge in [0.1, 0.15) is 5.82 Å². The van der Waals surface area contributed by atoms with Gasteiger partial charge in [0.15, 0.2) is 0 Å². The average molecular weight is 463 g/mol. The summed E-state index contributed by atoms with van der Waals surface area (Å²) >= 11 is 6.41. The van der Waals surface area contributed by atoms with Crippen LogP contribution in [0.2, 0.25) is 5.02 Å². The molecule has 33 heavy (non-hydrogen) atoms. The van der Waals surface area contributed by atoms with E-state index in [0.29, 0.717) is 12.0 Å². The summed E-state index contributed by atoms with van der Waals surface area (Å²) in [6.45, 7) is 4.12. The molecule has 0 amide bonds. The summed E-state index contributed by atoms with van der Waals surface area (Å²) in [6.07, 6.45) is 8.69. The molecule has 0 spiro atoms. The zero-order chi connectivity index (χ0) is 22.4. The molecule has 2 fully saturated rings. The number of hydrogen-bond donors (Lipinski definition) is 1. The van der Waals surface area contributed by atoms with E-state index >= 15 is 0 Å². The standard InChI is InChI=1S/C27H28ClFN4/c28-20-14-19-2-1-9-30-27(19)26(15-20)33-12-10-32(11-13-33)22-6-3-18(4-7-22)24-17-31-25-8-5-21(29)16-23(24)25/h1-2,5,8-9,14-18,22,31H,3-4,6-7,10-13H2. The first-order valence-electron chi connectivity index (χ1n) is 12.0. The summed E-state index contributed by atoms with van der Waals surface area (Å²) in [5, 5.41) is 2.91. The summed E-state index contributed by atoms with van der Waals surface area (Å²) in [5.74, 6) is 0.361. The van der Waals surface area contributed by atoms with Gasteiger partial charge in [-0.05, 0) is 73.6 Å². The highest BCUT2D eigenvalue weighted by molar-refractivity contribution is 6.31. The molecule has 4 nitrogen and oxygen atoms in total. The predicted octanol–water partition coefficient (Wildman–Crippen LogP) is 6.36. The monoisotopic (exact) mass is 462 g/mol. The molecule has 0 unspecified atom stereocenters. The van der Waals surface area contributed by atoms with Crippen LogP contribution < -0.4 is 4.90 Å². The number of aromatic nitrogens is 2. The highest BCUT2D eigenvalue weighted by Crippen LogP contribution is 2.38. The first kappa shape index (κ1) is 20.9. The van der Waals surface area contributed by atoms with Gasteiger partial charge >= 0.3 is 0 Å². The van der Waals surface area contributed by atoms with E-state index in [9.17, 15) is 4.39 Å². The number of aromatic amines is 1. The Balaban J connectivity index is 1.10. The Labute approximate surface area is 198 Å². The van der Waals surface area contributed by atoms with Crippen molar-refractivity contribution in [2.75, 3.05) is 31.1 Å². The smallest absolute Gasteiger partial charge is 0.123 e. The molecule has 4 aromatic rings. The number of piperazine rings is 1. The molecule has 1 N–H and O–H groups in total. The fourth-order valence-corrected chi connectivity index (χ4v) is 6.13. The zero-order valence-electron chi connectivity index (χ0n) is 18.6. The largest absolute Gasteiger partial charge is 0.367 e. The van der Waals surface area contributed by atoms with Crippen molar-refractivity contribution >= 4 is 39.1 Å². The number of fused-ring (bicyclic) bond motifs is 2. The van der Waals surface area contributed by atoms with Crippen LogP contribution in [0.5, 0.6) is 0 Å². The molecule has 2 aromatic carbocycles. The Morgan fingerprint density at radius 2 is 1.79 bits per heavy atom. The molecule has 1 saturated heterocycles. The summed E-state index contributed by atoms with van der Waals surface area (Å²) in [4.78, 5) is 13.1. The van der Waals surface area contributed by atoms with Crippen LogP contribution in [-0.4, -0.2) is 47.1 Å². The van der Waals surface area contributed by atoms with Gasteiger partial charge in [0, 0.05) is 65.9 Å². The number of rotatable bonds is 3. The van der Waals surface area contributed by atoms with Crippen LogP contribution in [0.3, 0.4) is 0 Å². The Kier molecular flexibility index (Phi) is 5.47. The Morgan fingerprint density at radius 1 is 0.970 bits per heavy atom. The minimum atomic E-state index is -0.155. The number of benzene rings is 2. The van der Waals surface area contributed by atoms with Gasteiger partial charge in [-0.2, -0.15) is 0 Å². The van der Waals surface area contributed by atoms with Gasteiger partial charge in [-0.15, -0.1) is 0 Å². The van der Waals surface area contributed by atoms with E-state index in [1.807, 2.05) is 24.4 Å². The van der Waals surface area contributed by atoms with Gasteiger partial charge in [-0.1, -0.05) is 17.7 Å². The third-order valence-electron chi connectivity index (χ3n) is 7.63. The Hall–Kier alpha value is -2.63. The third kappa shape index (κ3) is 3.98. The molecule has 170 valence electrons. The maximum Gasteiger partial charge on any atom is 0.123 e. The highest BCUT2D eigenvalue weighted by Gasteiger charge is 2.30. The Morgan fingerprint density at radius 3 is 2.61 bits per heavy atom. The number of anilines is 1. The highest BCUT2D eigenvalue weighted by atomic mass is 35.5. The Bertz CT molecular complexity index is 1290. The van der Waals surface area contributed by atoms with Crippen molar-refractivity contribution in [3.63, 3.8) is 0 Å². The quantitative estimate of drug-likeness (QED) is 0.385. The number of H-pyrrole nitrogens is 1. The van der Waals surface area contributed by atoms with Crippen molar-refractivity contribution in [2.45, 2.75) is 37.6 Å². The van der Waals surface area contributed by atoms with Gasteiger partial charge in [0.05, 0.1) is 11.2 Å². The first-order valence-corrected chi connectivity index (χ1v) is 12.3.